The Morgan fingerprint density at radius 3 is 2.62 bits per heavy atom. The van der Waals surface area contributed by atoms with Gasteiger partial charge in [0.05, 0.1) is 0 Å². The van der Waals surface area contributed by atoms with Crippen molar-refractivity contribution in [3.8, 4) is 0 Å². The Balaban J connectivity index is 2.60. The van der Waals surface area contributed by atoms with Crippen molar-refractivity contribution >= 4 is 11.6 Å². The zero-order valence-electron chi connectivity index (χ0n) is 8.52. The van der Waals surface area contributed by atoms with Crippen molar-refractivity contribution in [1.29, 1.82) is 0 Å². The van der Waals surface area contributed by atoms with Gasteiger partial charge >= 0.3 is 0 Å². The van der Waals surface area contributed by atoms with Crippen molar-refractivity contribution < 1.29 is 0 Å². The highest BCUT2D eigenvalue weighted by Gasteiger charge is 2.10. The molecule has 0 saturated heterocycles. The van der Waals surface area contributed by atoms with Gasteiger partial charge in [-0.05, 0) is 42.0 Å². The second kappa shape index (κ2) is 4.15. The second-order valence-electron chi connectivity index (χ2n) is 4.58. The summed E-state index contributed by atoms with van der Waals surface area (Å²) in [7, 11) is 0. The molecule has 0 heterocycles. The van der Waals surface area contributed by atoms with Gasteiger partial charge in [0, 0.05) is 5.02 Å². The Morgan fingerprint density at radius 1 is 1.38 bits per heavy atom. The zero-order chi connectivity index (χ0) is 9.90. The van der Waals surface area contributed by atoms with E-state index in [1.54, 1.807) is 0 Å². The highest BCUT2D eigenvalue weighted by Crippen LogP contribution is 2.24. The summed E-state index contributed by atoms with van der Waals surface area (Å²) in [6.07, 6.45) is 2.20. The first-order valence-electron chi connectivity index (χ1n) is 4.63. The summed E-state index contributed by atoms with van der Waals surface area (Å²) in [6, 6.07) is 8.79. The molecular formula is C12H16Cl. The van der Waals surface area contributed by atoms with Gasteiger partial charge in [0.1, 0.15) is 0 Å². The molecule has 0 nitrogen and oxygen atoms in total. The molecule has 1 heteroatoms. The number of halogens is 1. The Labute approximate surface area is 85.9 Å². The van der Waals surface area contributed by atoms with Gasteiger partial charge in [-0.3, -0.25) is 0 Å². The number of aryl methyl sites for hydroxylation is 1. The molecule has 0 spiro atoms. The van der Waals surface area contributed by atoms with Crippen LogP contribution in [0, 0.1) is 11.5 Å². The van der Waals surface area contributed by atoms with Crippen LogP contribution in [0.3, 0.4) is 0 Å². The van der Waals surface area contributed by atoms with Crippen LogP contribution < -0.4 is 0 Å². The number of rotatable bonds is 2. The van der Waals surface area contributed by atoms with E-state index in [9.17, 15) is 0 Å². The van der Waals surface area contributed by atoms with Crippen LogP contribution in [0.15, 0.2) is 18.2 Å². The third kappa shape index (κ3) is 3.82. The molecule has 0 aliphatic heterocycles. The molecule has 0 fully saturated rings. The second-order valence-corrected chi connectivity index (χ2v) is 4.99. The largest absolute Gasteiger partial charge is 0.0840 e. The van der Waals surface area contributed by atoms with Crippen LogP contribution in [-0.2, 0) is 6.42 Å². The van der Waals surface area contributed by atoms with E-state index in [-0.39, 0.29) is 0 Å². The van der Waals surface area contributed by atoms with Gasteiger partial charge in [-0.15, -0.1) is 0 Å². The van der Waals surface area contributed by atoms with Crippen molar-refractivity contribution in [2.75, 3.05) is 0 Å². The minimum atomic E-state index is 0.374. The fourth-order valence-corrected chi connectivity index (χ4v) is 1.36. The van der Waals surface area contributed by atoms with E-state index in [2.05, 4.69) is 26.8 Å². The average Bonchev–Trinajstić information content (AvgIpc) is 2.01. The minimum absolute atomic E-state index is 0.374. The molecule has 0 N–H and O–H groups in total. The monoisotopic (exact) mass is 195 g/mol. The summed E-state index contributed by atoms with van der Waals surface area (Å²) in [5, 5.41) is 0.864. The molecule has 1 radical (unpaired) electrons. The van der Waals surface area contributed by atoms with Crippen LogP contribution in [0.4, 0.5) is 0 Å². The van der Waals surface area contributed by atoms with E-state index in [0.717, 1.165) is 17.9 Å². The Hall–Kier alpha value is -0.490. The first-order chi connectivity index (χ1) is 5.99. The molecule has 0 atom stereocenters. The van der Waals surface area contributed by atoms with E-state index in [1.165, 1.54) is 5.56 Å². The van der Waals surface area contributed by atoms with Gasteiger partial charge in [0.25, 0.3) is 0 Å². The molecule has 0 aliphatic carbocycles. The van der Waals surface area contributed by atoms with Crippen LogP contribution in [0.25, 0.3) is 0 Å². The quantitative estimate of drug-likeness (QED) is 0.666. The van der Waals surface area contributed by atoms with Crippen LogP contribution in [0.5, 0.6) is 0 Å². The van der Waals surface area contributed by atoms with Gasteiger partial charge in [0.2, 0.25) is 0 Å². The van der Waals surface area contributed by atoms with Gasteiger partial charge in [-0.25, -0.2) is 0 Å². The van der Waals surface area contributed by atoms with Crippen LogP contribution in [0.2, 0.25) is 5.02 Å². The topological polar surface area (TPSA) is 0 Å². The molecular weight excluding hydrogens is 180 g/mol. The number of hydrogen-bond acceptors (Lipinski definition) is 0. The van der Waals surface area contributed by atoms with Crippen molar-refractivity contribution in [2.45, 2.75) is 33.6 Å². The molecule has 1 aromatic carbocycles. The van der Waals surface area contributed by atoms with E-state index >= 15 is 0 Å². The van der Waals surface area contributed by atoms with Gasteiger partial charge < -0.3 is 0 Å². The van der Waals surface area contributed by atoms with Crippen molar-refractivity contribution in [2.24, 2.45) is 5.41 Å². The molecule has 0 saturated carbocycles. The lowest BCUT2D eigenvalue weighted by Crippen LogP contribution is -2.06. The van der Waals surface area contributed by atoms with E-state index in [4.69, 9.17) is 11.6 Å². The van der Waals surface area contributed by atoms with Gasteiger partial charge in [0.15, 0.2) is 0 Å². The zero-order valence-corrected chi connectivity index (χ0v) is 9.28. The maximum atomic E-state index is 6.03. The third-order valence-corrected chi connectivity index (χ3v) is 2.40. The first kappa shape index (κ1) is 10.6. The molecule has 13 heavy (non-hydrogen) atoms. The fraction of sp³-hybridized carbons (Fsp3) is 0.500. The van der Waals surface area contributed by atoms with Crippen LogP contribution in [-0.4, -0.2) is 0 Å². The molecule has 0 aromatic heterocycles. The van der Waals surface area contributed by atoms with E-state index < -0.39 is 0 Å². The molecule has 0 amide bonds. The average molecular weight is 196 g/mol. The smallest absolute Gasteiger partial charge is 0.0438 e. The molecule has 0 unspecified atom stereocenters. The third-order valence-electron chi connectivity index (χ3n) is 2.03. The standard InChI is InChI=1S/C12H16Cl/c1-12(2,3)9-8-10-6-4-5-7-11(10)13/h5-7H,8-9H2,1-3H3. The summed E-state index contributed by atoms with van der Waals surface area (Å²) in [6.45, 7) is 6.73. The van der Waals surface area contributed by atoms with Crippen molar-refractivity contribution in [1.82, 2.24) is 0 Å². The van der Waals surface area contributed by atoms with Crippen molar-refractivity contribution in [3.05, 3.63) is 34.9 Å². The summed E-state index contributed by atoms with van der Waals surface area (Å²) < 4.78 is 0. The number of benzene rings is 1. The summed E-state index contributed by atoms with van der Waals surface area (Å²) in [5.74, 6) is 0. The predicted octanol–water partition coefficient (Wildman–Crippen LogP) is 4.12. The van der Waals surface area contributed by atoms with Gasteiger partial charge in [-0.2, -0.15) is 0 Å². The molecule has 1 rings (SSSR count). The lowest BCUT2D eigenvalue weighted by atomic mass is 9.89. The lowest BCUT2D eigenvalue weighted by molar-refractivity contribution is 0.378. The molecule has 1 aromatic rings. The summed E-state index contributed by atoms with van der Waals surface area (Å²) in [5.41, 5.74) is 1.58. The predicted molar refractivity (Wildman–Crippen MR) is 58.1 cm³/mol. The lowest BCUT2D eigenvalue weighted by Gasteiger charge is -2.17. The highest BCUT2D eigenvalue weighted by atomic mass is 35.5. The highest BCUT2D eigenvalue weighted by molar-refractivity contribution is 6.31. The number of hydrogen-bond donors (Lipinski definition) is 0. The molecule has 0 aliphatic rings. The molecule has 71 valence electrons. The Bertz CT molecular complexity index is 271. The van der Waals surface area contributed by atoms with Crippen LogP contribution in [0.1, 0.15) is 32.8 Å². The molecule has 0 bridgehead atoms. The first-order valence-corrected chi connectivity index (χ1v) is 5.01. The summed E-state index contributed by atoms with van der Waals surface area (Å²) in [4.78, 5) is 0. The fourth-order valence-electron chi connectivity index (χ4n) is 1.15. The Kier molecular flexibility index (Phi) is 3.38. The SMILES string of the molecule is CC(C)(C)CCc1c[c]ccc1Cl. The van der Waals surface area contributed by atoms with Crippen LogP contribution >= 0.6 is 11.6 Å². The van der Waals surface area contributed by atoms with E-state index in [1.807, 2.05) is 18.2 Å². The van der Waals surface area contributed by atoms with Crippen molar-refractivity contribution in [3.63, 3.8) is 0 Å². The van der Waals surface area contributed by atoms with E-state index in [0.29, 0.717) is 5.41 Å². The maximum absolute atomic E-state index is 6.03. The van der Waals surface area contributed by atoms with Gasteiger partial charge in [-0.1, -0.05) is 38.4 Å². The minimum Gasteiger partial charge on any atom is -0.0840 e. The normalized spacial score (nSPS) is 11.7. The Morgan fingerprint density at radius 2 is 2.08 bits per heavy atom. The summed E-state index contributed by atoms with van der Waals surface area (Å²) >= 11 is 6.03. The maximum Gasteiger partial charge on any atom is 0.0438 e.